The highest BCUT2D eigenvalue weighted by atomic mass is 16.2. The van der Waals surface area contributed by atoms with Gasteiger partial charge in [0, 0.05) is 39.3 Å². The number of rotatable bonds is 4. The van der Waals surface area contributed by atoms with Crippen molar-refractivity contribution < 1.29 is 0 Å². The number of piperazine rings is 1. The van der Waals surface area contributed by atoms with Crippen LogP contribution in [0.3, 0.4) is 0 Å². The Bertz CT molecular complexity index is 1420. The fraction of sp³-hybridized carbons (Fsp3) is 0.273. The molecule has 0 amide bonds. The van der Waals surface area contributed by atoms with Crippen LogP contribution in [0.4, 0.5) is 0 Å². The van der Waals surface area contributed by atoms with Gasteiger partial charge in [-0.25, -0.2) is 0 Å². The van der Waals surface area contributed by atoms with Crippen molar-refractivity contribution in [1.82, 2.24) is 29.7 Å². The molecule has 4 N–H and O–H groups in total. The average molecular weight is 434 g/mol. The van der Waals surface area contributed by atoms with Crippen LogP contribution in [-0.4, -0.2) is 55.9 Å². The molecule has 10 heteroatoms. The second kappa shape index (κ2) is 8.06. The Kier molecular flexibility index (Phi) is 5.08. The Hall–Kier alpha value is -3.76. The summed E-state index contributed by atoms with van der Waals surface area (Å²) in [5.74, 6) is 0. The van der Waals surface area contributed by atoms with E-state index in [-0.39, 0.29) is 0 Å². The van der Waals surface area contributed by atoms with Gasteiger partial charge in [0.05, 0.1) is 22.1 Å². The predicted molar refractivity (Wildman–Crippen MR) is 121 cm³/mol. The lowest BCUT2D eigenvalue weighted by Gasteiger charge is -2.34. The largest absolute Gasteiger partial charge is 0.316 e. The van der Waals surface area contributed by atoms with E-state index in [0.717, 1.165) is 50.4 Å². The highest BCUT2D eigenvalue weighted by molar-refractivity contribution is 5.75. The van der Waals surface area contributed by atoms with Crippen LogP contribution in [-0.2, 0) is 13.1 Å². The summed E-state index contributed by atoms with van der Waals surface area (Å²) in [6, 6.07) is 11.4. The number of fused-ring (bicyclic) bond motifs is 2. The van der Waals surface area contributed by atoms with Gasteiger partial charge in [-0.2, -0.15) is 0 Å². The van der Waals surface area contributed by atoms with Gasteiger partial charge in [-0.3, -0.25) is 29.0 Å². The van der Waals surface area contributed by atoms with Crippen LogP contribution in [0, 0.1) is 0 Å². The molecule has 2 aromatic heterocycles. The lowest BCUT2D eigenvalue weighted by molar-refractivity contribution is 0.122. The third kappa shape index (κ3) is 4.05. The van der Waals surface area contributed by atoms with Crippen LogP contribution in [0.2, 0.25) is 0 Å². The Morgan fingerprint density at radius 2 is 0.875 bits per heavy atom. The van der Waals surface area contributed by atoms with Crippen molar-refractivity contribution >= 4 is 22.1 Å². The summed E-state index contributed by atoms with van der Waals surface area (Å²) in [4.78, 5) is 61.1. The van der Waals surface area contributed by atoms with Crippen molar-refractivity contribution in [2.45, 2.75) is 13.1 Å². The van der Waals surface area contributed by atoms with Crippen molar-refractivity contribution in [3.05, 3.63) is 88.9 Å². The van der Waals surface area contributed by atoms with E-state index in [1.54, 1.807) is 0 Å². The van der Waals surface area contributed by atoms with Gasteiger partial charge < -0.3 is 19.9 Å². The van der Waals surface area contributed by atoms with Gasteiger partial charge >= 0.3 is 22.2 Å². The third-order valence-electron chi connectivity index (χ3n) is 5.85. The number of H-pyrrole nitrogens is 4. The first-order valence-electron chi connectivity index (χ1n) is 10.4. The molecule has 1 aliphatic rings. The lowest BCUT2D eigenvalue weighted by atomic mass is 10.1. The molecular formula is C22H22N6O4. The summed E-state index contributed by atoms with van der Waals surface area (Å²) in [7, 11) is 0. The Labute approximate surface area is 180 Å². The number of hydrogen-bond donors (Lipinski definition) is 4. The van der Waals surface area contributed by atoms with E-state index in [9.17, 15) is 19.2 Å². The molecule has 1 aliphatic heterocycles. The number of nitrogens with one attached hydrogen (secondary N) is 4. The monoisotopic (exact) mass is 434 g/mol. The van der Waals surface area contributed by atoms with Crippen molar-refractivity contribution in [3.8, 4) is 0 Å². The summed E-state index contributed by atoms with van der Waals surface area (Å²) in [6.45, 7) is 5.12. The molecule has 0 spiro atoms. The summed E-state index contributed by atoms with van der Waals surface area (Å²) in [6.07, 6.45) is 0. The van der Waals surface area contributed by atoms with E-state index >= 15 is 0 Å². The molecular weight excluding hydrogens is 412 g/mol. The molecule has 0 unspecified atom stereocenters. The van der Waals surface area contributed by atoms with E-state index in [2.05, 4.69) is 29.7 Å². The number of benzene rings is 2. The van der Waals surface area contributed by atoms with Crippen molar-refractivity contribution in [2.24, 2.45) is 0 Å². The minimum Gasteiger partial charge on any atom is -0.316 e. The average Bonchev–Trinajstić information content (AvgIpc) is 2.77. The van der Waals surface area contributed by atoms with E-state index in [1.165, 1.54) is 0 Å². The smallest absolute Gasteiger partial charge is 0.314 e. The maximum atomic E-state index is 11.6. The van der Waals surface area contributed by atoms with E-state index in [4.69, 9.17) is 0 Å². The Morgan fingerprint density at radius 3 is 1.25 bits per heavy atom. The Balaban J connectivity index is 1.22. The molecule has 10 nitrogen and oxygen atoms in total. The van der Waals surface area contributed by atoms with Gasteiger partial charge in [-0.1, -0.05) is 12.1 Å². The number of aromatic amines is 4. The first kappa shape index (κ1) is 20.2. The molecule has 32 heavy (non-hydrogen) atoms. The molecule has 3 heterocycles. The molecule has 0 saturated carbocycles. The zero-order chi connectivity index (χ0) is 22.2. The summed E-state index contributed by atoms with van der Waals surface area (Å²) in [5.41, 5.74) is 2.04. The minimum atomic E-state index is -0.646. The van der Waals surface area contributed by atoms with E-state index in [0.29, 0.717) is 22.1 Å². The fourth-order valence-electron chi connectivity index (χ4n) is 4.14. The highest BCUT2D eigenvalue weighted by Crippen LogP contribution is 2.16. The first-order chi connectivity index (χ1) is 15.4. The van der Waals surface area contributed by atoms with Gasteiger partial charge in [0.25, 0.3) is 0 Å². The first-order valence-corrected chi connectivity index (χ1v) is 10.4. The highest BCUT2D eigenvalue weighted by Gasteiger charge is 2.17. The normalized spacial score (nSPS) is 15.5. The molecule has 1 saturated heterocycles. The second-order valence-corrected chi connectivity index (χ2v) is 8.13. The fourth-order valence-corrected chi connectivity index (χ4v) is 4.14. The molecule has 0 aliphatic carbocycles. The van der Waals surface area contributed by atoms with E-state index < -0.39 is 22.2 Å². The molecule has 4 aromatic rings. The zero-order valence-electron chi connectivity index (χ0n) is 17.2. The minimum absolute atomic E-state index is 0.615. The van der Waals surface area contributed by atoms with Gasteiger partial charge in [0.2, 0.25) is 0 Å². The number of nitrogens with zero attached hydrogens (tertiary/aromatic N) is 2. The summed E-state index contributed by atoms with van der Waals surface area (Å²) in [5, 5.41) is 0. The molecule has 0 atom stereocenters. The van der Waals surface area contributed by atoms with Crippen LogP contribution in [0.1, 0.15) is 11.1 Å². The predicted octanol–water partition coefficient (Wildman–Crippen LogP) is 0.0640. The molecule has 164 valence electrons. The van der Waals surface area contributed by atoms with E-state index in [1.807, 2.05) is 36.4 Å². The third-order valence-corrected chi connectivity index (χ3v) is 5.85. The molecule has 0 radical (unpaired) electrons. The van der Waals surface area contributed by atoms with Crippen LogP contribution in [0.25, 0.3) is 22.1 Å². The number of hydrogen-bond acceptors (Lipinski definition) is 6. The van der Waals surface area contributed by atoms with Crippen LogP contribution in [0.15, 0.2) is 55.6 Å². The van der Waals surface area contributed by atoms with Gasteiger partial charge in [-0.15, -0.1) is 0 Å². The Morgan fingerprint density at radius 1 is 0.531 bits per heavy atom. The maximum Gasteiger partial charge on any atom is 0.314 e. The van der Waals surface area contributed by atoms with Crippen molar-refractivity contribution in [1.29, 1.82) is 0 Å². The molecule has 0 bridgehead atoms. The SMILES string of the molecule is O=c1[nH]c2ccc(CN3CCN(Cc4ccc5[nH]c(=O)c(=O)[nH]c5c4)CC3)cc2[nH]c1=O. The van der Waals surface area contributed by atoms with Gasteiger partial charge in [-0.05, 0) is 35.4 Å². The quantitative estimate of drug-likeness (QED) is 0.335. The molecule has 2 aromatic carbocycles. The molecule has 5 rings (SSSR count). The van der Waals surface area contributed by atoms with Crippen LogP contribution in [0.5, 0.6) is 0 Å². The standard InChI is InChI=1S/C22H22N6O4/c29-19-21(31)25-17-9-13(1-3-15(17)23-19)11-27-5-7-28(8-6-27)12-14-2-4-16-18(10-14)26-22(32)20(30)24-16/h1-4,9-10H,5-8,11-12H2,(H,23,29)(H,24,30)(H,25,31)(H,26,32). The number of aromatic nitrogens is 4. The maximum absolute atomic E-state index is 11.6. The van der Waals surface area contributed by atoms with Crippen molar-refractivity contribution in [3.63, 3.8) is 0 Å². The lowest BCUT2D eigenvalue weighted by Crippen LogP contribution is -2.45. The second-order valence-electron chi connectivity index (χ2n) is 8.13. The van der Waals surface area contributed by atoms with Crippen molar-refractivity contribution in [2.75, 3.05) is 26.2 Å². The van der Waals surface area contributed by atoms with Crippen LogP contribution >= 0.6 is 0 Å². The zero-order valence-corrected chi connectivity index (χ0v) is 17.2. The van der Waals surface area contributed by atoms with Crippen LogP contribution < -0.4 is 22.2 Å². The topological polar surface area (TPSA) is 138 Å². The van der Waals surface area contributed by atoms with Gasteiger partial charge in [0.15, 0.2) is 0 Å². The van der Waals surface area contributed by atoms with Gasteiger partial charge in [0.1, 0.15) is 0 Å². The molecule has 1 fully saturated rings. The summed E-state index contributed by atoms with van der Waals surface area (Å²) < 4.78 is 0. The summed E-state index contributed by atoms with van der Waals surface area (Å²) >= 11 is 0.